The second-order valence-electron chi connectivity index (χ2n) is 11.9. The quantitative estimate of drug-likeness (QED) is 0.0428. The molecule has 1 aromatic carbocycles. The maximum atomic E-state index is 13.5. The van der Waals surface area contributed by atoms with Crippen molar-refractivity contribution in [2.75, 3.05) is 20.8 Å². The molecular weight excluding hydrogens is 618 g/mol. The average molecular weight is 674 g/mol. The van der Waals surface area contributed by atoms with Gasteiger partial charge in [-0.2, -0.15) is 0 Å². The summed E-state index contributed by atoms with van der Waals surface area (Å²) in [5, 5.41) is 32.7. The Morgan fingerprint density at radius 1 is 0.938 bits per heavy atom. The normalized spacial score (nSPS) is 14.2. The largest absolute Gasteiger partial charge is 0.481 e. The number of ether oxygens (including phenoxy) is 3. The van der Waals surface area contributed by atoms with E-state index >= 15 is 0 Å². The lowest BCUT2D eigenvalue weighted by molar-refractivity contribution is -0.172. The van der Waals surface area contributed by atoms with Crippen LogP contribution in [0.1, 0.15) is 103 Å². The zero-order valence-electron chi connectivity index (χ0n) is 29.0. The Bertz CT molecular complexity index is 1200. The molecule has 1 amide bonds. The number of nitrogens with one attached hydrogen (secondary N) is 1. The Morgan fingerprint density at radius 3 is 2.10 bits per heavy atom. The van der Waals surface area contributed by atoms with Gasteiger partial charge in [-0.15, -0.1) is 5.92 Å². The Kier molecular flexibility index (Phi) is 21.3. The van der Waals surface area contributed by atoms with E-state index in [0.717, 1.165) is 45.6 Å². The number of carbonyl (C=O) groups excluding carboxylic acids is 2. The van der Waals surface area contributed by atoms with Gasteiger partial charge in [-0.1, -0.05) is 88.5 Å². The zero-order valence-corrected chi connectivity index (χ0v) is 29.0. The minimum Gasteiger partial charge on any atom is -0.481 e. The number of carboxylic acids is 2. The highest BCUT2D eigenvalue weighted by Gasteiger charge is 2.49. The number of benzene rings is 1. The van der Waals surface area contributed by atoms with E-state index in [1.54, 1.807) is 44.4 Å². The van der Waals surface area contributed by atoms with E-state index in [1.807, 2.05) is 0 Å². The van der Waals surface area contributed by atoms with Crippen molar-refractivity contribution in [2.24, 2.45) is 5.92 Å². The third kappa shape index (κ3) is 16.3. The van der Waals surface area contributed by atoms with Gasteiger partial charge < -0.3 is 34.8 Å². The van der Waals surface area contributed by atoms with Gasteiger partial charge in [-0.05, 0) is 50.3 Å². The van der Waals surface area contributed by atoms with Crippen LogP contribution in [0.3, 0.4) is 0 Å². The number of unbranched alkanes of at least 4 members (excludes halogenated alkanes) is 8. The van der Waals surface area contributed by atoms with Crippen LogP contribution in [0.5, 0.6) is 5.75 Å². The summed E-state index contributed by atoms with van der Waals surface area (Å²) < 4.78 is 16.0. The summed E-state index contributed by atoms with van der Waals surface area (Å²) in [6, 6.07) is 5.49. The monoisotopic (exact) mass is 673 g/mol. The van der Waals surface area contributed by atoms with Crippen molar-refractivity contribution in [3.05, 3.63) is 42.0 Å². The molecule has 11 nitrogen and oxygen atoms in total. The topological polar surface area (TPSA) is 169 Å². The predicted octanol–water partition coefficient (Wildman–Crippen LogP) is 5.47. The number of hydrogen-bond donors (Lipinski definition) is 4. The van der Waals surface area contributed by atoms with E-state index in [-0.39, 0.29) is 19.1 Å². The van der Waals surface area contributed by atoms with Crippen LogP contribution >= 0.6 is 0 Å². The number of aliphatic hydroxyl groups is 1. The fourth-order valence-electron chi connectivity index (χ4n) is 5.33. The molecule has 4 atom stereocenters. The fourth-order valence-corrected chi connectivity index (χ4v) is 5.33. The van der Waals surface area contributed by atoms with Crippen LogP contribution < -0.4 is 10.1 Å². The molecule has 0 spiro atoms. The van der Waals surface area contributed by atoms with Gasteiger partial charge in [0.15, 0.2) is 5.60 Å². The van der Waals surface area contributed by atoms with E-state index in [0.29, 0.717) is 17.7 Å². The van der Waals surface area contributed by atoms with Crippen LogP contribution in [0.25, 0.3) is 0 Å². The third-order valence-corrected chi connectivity index (χ3v) is 8.18. The van der Waals surface area contributed by atoms with E-state index < -0.39 is 47.8 Å². The maximum Gasteiger partial charge on any atom is 0.337 e. The van der Waals surface area contributed by atoms with Gasteiger partial charge in [0.05, 0.1) is 25.6 Å². The van der Waals surface area contributed by atoms with Crippen molar-refractivity contribution in [1.82, 2.24) is 5.32 Å². The maximum absolute atomic E-state index is 13.5. The standard InChI is InChI=1S/C37H55NO10/c1-5-7-9-12-15-18-29(46-3)19-16-13-10-11-14-17-20-31(37(45,36(43)44)27-33(39)40)34(41)38-32(35(42)47-4)26-28-21-23-30(24-22-28)48-25-8-6-2/h17,20-24,29,31-32,45H,5,7,9-16,18-19,25-27H2,1-4H3,(H,38,41)(H,39,40)(H,43,44)/b20-17+/t29-,31?,32-,37-/m0/s1. The highest BCUT2D eigenvalue weighted by atomic mass is 16.5. The molecule has 0 fully saturated rings. The molecule has 1 aromatic rings. The van der Waals surface area contributed by atoms with Crippen molar-refractivity contribution >= 4 is 23.8 Å². The molecule has 0 aliphatic carbocycles. The predicted molar refractivity (Wildman–Crippen MR) is 182 cm³/mol. The van der Waals surface area contributed by atoms with Crippen molar-refractivity contribution in [1.29, 1.82) is 0 Å². The smallest absolute Gasteiger partial charge is 0.337 e. The molecule has 4 N–H and O–H groups in total. The summed E-state index contributed by atoms with van der Waals surface area (Å²) in [5.74, 6) is -1.02. The molecule has 0 aromatic heterocycles. The Labute approximate surface area is 285 Å². The molecule has 0 aliphatic rings. The SMILES string of the molecule is CC#CCOc1ccc(C[C@H](NC(=O)C(/C=C/CCCCCC[C@H](CCCCCCC)OC)[C@@](O)(CC(=O)O)C(=O)O)C(=O)OC)cc1. The van der Waals surface area contributed by atoms with Crippen LogP contribution in [0.4, 0.5) is 0 Å². The first-order valence-corrected chi connectivity index (χ1v) is 16.9. The highest BCUT2D eigenvalue weighted by molar-refractivity contribution is 5.94. The summed E-state index contributed by atoms with van der Waals surface area (Å²) in [6.45, 7) is 4.11. The minimum absolute atomic E-state index is 0.0168. The van der Waals surface area contributed by atoms with Gasteiger partial charge in [0.25, 0.3) is 0 Å². The summed E-state index contributed by atoms with van der Waals surface area (Å²) in [7, 11) is 2.90. The van der Waals surface area contributed by atoms with Crippen LogP contribution in [0, 0.1) is 17.8 Å². The average Bonchev–Trinajstić information content (AvgIpc) is 3.06. The molecular formula is C37H55NO10. The lowest BCUT2D eigenvalue weighted by atomic mass is 9.82. The summed E-state index contributed by atoms with van der Waals surface area (Å²) >= 11 is 0. The molecule has 0 heterocycles. The number of methoxy groups -OCH3 is 2. The van der Waals surface area contributed by atoms with Crippen LogP contribution in [-0.4, -0.2) is 77.7 Å². The second kappa shape index (κ2) is 24.3. The van der Waals surface area contributed by atoms with Crippen LogP contribution in [0.2, 0.25) is 0 Å². The first-order valence-electron chi connectivity index (χ1n) is 16.9. The molecule has 1 rings (SSSR count). The molecule has 268 valence electrons. The highest BCUT2D eigenvalue weighted by Crippen LogP contribution is 2.26. The number of carbonyl (C=O) groups is 4. The fraction of sp³-hybridized carbons (Fsp3) is 0.622. The van der Waals surface area contributed by atoms with Crippen molar-refractivity contribution < 1.29 is 48.7 Å². The van der Waals surface area contributed by atoms with Gasteiger partial charge in [-0.25, -0.2) is 9.59 Å². The molecule has 0 aliphatic heterocycles. The van der Waals surface area contributed by atoms with E-state index in [9.17, 15) is 34.5 Å². The Balaban J connectivity index is 2.90. The number of esters is 1. The number of aliphatic carboxylic acids is 2. The van der Waals surface area contributed by atoms with Crippen molar-refractivity contribution in [3.8, 4) is 17.6 Å². The van der Waals surface area contributed by atoms with Crippen molar-refractivity contribution in [2.45, 2.75) is 121 Å². The minimum atomic E-state index is -2.96. The number of allylic oxidation sites excluding steroid dienone is 1. The Morgan fingerprint density at radius 2 is 1.56 bits per heavy atom. The summed E-state index contributed by atoms with van der Waals surface area (Å²) in [5.41, 5.74) is -2.33. The van der Waals surface area contributed by atoms with E-state index in [2.05, 4.69) is 24.1 Å². The molecule has 48 heavy (non-hydrogen) atoms. The summed E-state index contributed by atoms with van der Waals surface area (Å²) in [4.78, 5) is 49.8. The zero-order chi connectivity index (χ0) is 35.8. The number of hydrogen-bond acceptors (Lipinski definition) is 8. The first-order chi connectivity index (χ1) is 23.0. The molecule has 0 radical (unpaired) electrons. The van der Waals surface area contributed by atoms with Crippen molar-refractivity contribution in [3.63, 3.8) is 0 Å². The molecule has 0 saturated carbocycles. The van der Waals surface area contributed by atoms with Gasteiger partial charge >= 0.3 is 17.9 Å². The molecule has 11 heteroatoms. The molecule has 0 bridgehead atoms. The van der Waals surface area contributed by atoms with E-state index in [1.165, 1.54) is 38.2 Å². The van der Waals surface area contributed by atoms with Gasteiger partial charge in [-0.3, -0.25) is 9.59 Å². The third-order valence-electron chi connectivity index (χ3n) is 8.18. The number of rotatable bonds is 26. The number of amides is 1. The van der Waals surface area contributed by atoms with Crippen LogP contribution in [0.15, 0.2) is 36.4 Å². The molecule has 1 unspecified atom stereocenters. The van der Waals surface area contributed by atoms with Gasteiger partial charge in [0.2, 0.25) is 5.91 Å². The van der Waals surface area contributed by atoms with Gasteiger partial charge in [0, 0.05) is 13.5 Å². The lowest BCUT2D eigenvalue weighted by Crippen LogP contribution is -2.55. The summed E-state index contributed by atoms with van der Waals surface area (Å²) in [6.07, 6.45) is 14.1. The number of carboxylic acid groups (broad SMARTS) is 2. The second-order valence-corrected chi connectivity index (χ2v) is 11.9. The Hall–Kier alpha value is -3.88. The van der Waals surface area contributed by atoms with Crippen LogP contribution in [-0.2, 0) is 35.1 Å². The lowest BCUT2D eigenvalue weighted by Gasteiger charge is -2.29. The molecule has 0 saturated heterocycles. The first kappa shape index (κ1) is 42.1. The van der Waals surface area contributed by atoms with Gasteiger partial charge in [0.1, 0.15) is 18.4 Å². The van der Waals surface area contributed by atoms with E-state index in [4.69, 9.17) is 14.2 Å².